The molecule has 100 valence electrons. The van der Waals surface area contributed by atoms with E-state index in [0.29, 0.717) is 16.3 Å². The third-order valence-electron chi connectivity index (χ3n) is 2.52. The lowest BCUT2D eigenvalue weighted by Crippen LogP contribution is -2.03. The molecule has 0 fully saturated rings. The Morgan fingerprint density at radius 2 is 1.55 bits per heavy atom. The first-order chi connectivity index (χ1) is 9.67. The summed E-state index contributed by atoms with van der Waals surface area (Å²) in [5.74, 6) is -0.0971. The number of carbonyl (C=O) groups is 2. The molecule has 2 aromatic rings. The highest BCUT2D eigenvalue weighted by atomic mass is 35.5. The van der Waals surface area contributed by atoms with E-state index in [2.05, 4.69) is 0 Å². The van der Waals surface area contributed by atoms with Crippen molar-refractivity contribution in [3.63, 3.8) is 0 Å². The van der Waals surface area contributed by atoms with Crippen molar-refractivity contribution >= 4 is 29.9 Å². The second-order valence-electron chi connectivity index (χ2n) is 3.99. The minimum atomic E-state index is -0.487. The van der Waals surface area contributed by atoms with Crippen LogP contribution in [0.2, 0.25) is 5.02 Å². The predicted molar refractivity (Wildman–Crippen MR) is 78.0 cm³/mol. The minimum absolute atomic E-state index is 0.390. The van der Waals surface area contributed by atoms with Crippen LogP contribution in [-0.2, 0) is 4.79 Å². The third-order valence-corrected chi connectivity index (χ3v) is 2.77. The Morgan fingerprint density at radius 3 is 2.15 bits per heavy atom. The zero-order valence-electron chi connectivity index (χ0n) is 10.5. The quantitative estimate of drug-likeness (QED) is 0.372. The largest absolute Gasteiger partial charge is 0.423 e. The first kappa shape index (κ1) is 14.0. The van der Waals surface area contributed by atoms with Gasteiger partial charge in [0.05, 0.1) is 0 Å². The summed E-state index contributed by atoms with van der Waals surface area (Å²) in [6, 6.07) is 13.4. The molecule has 0 aliphatic carbocycles. The van der Waals surface area contributed by atoms with Crippen molar-refractivity contribution in [2.45, 2.75) is 0 Å². The number of carbonyl (C=O) groups excluding carboxylic acids is 2. The average molecular weight is 287 g/mol. The van der Waals surface area contributed by atoms with Crippen LogP contribution in [0.4, 0.5) is 0 Å². The SMILES string of the molecule is O=Cc1ccc(OC(=O)/C=C\c2ccc(Cl)cc2)cc1. The summed E-state index contributed by atoms with van der Waals surface area (Å²) in [4.78, 5) is 22.1. The molecule has 0 aliphatic heterocycles. The monoisotopic (exact) mass is 286 g/mol. The Bertz CT molecular complexity index is 628. The minimum Gasteiger partial charge on any atom is -0.423 e. The number of rotatable bonds is 4. The van der Waals surface area contributed by atoms with Crippen molar-refractivity contribution in [2.75, 3.05) is 0 Å². The molecular formula is C16H11ClO3. The summed E-state index contributed by atoms with van der Waals surface area (Å²) in [6.07, 6.45) is 3.70. The van der Waals surface area contributed by atoms with Gasteiger partial charge in [0.15, 0.2) is 0 Å². The first-order valence-electron chi connectivity index (χ1n) is 5.88. The summed E-state index contributed by atoms with van der Waals surface area (Å²) < 4.78 is 5.09. The second-order valence-corrected chi connectivity index (χ2v) is 4.43. The van der Waals surface area contributed by atoms with Crippen LogP contribution in [-0.4, -0.2) is 12.3 Å². The van der Waals surface area contributed by atoms with Crippen LogP contribution in [0, 0.1) is 0 Å². The summed E-state index contributed by atoms with van der Waals surface area (Å²) in [7, 11) is 0. The van der Waals surface area contributed by atoms with Crippen molar-refractivity contribution in [2.24, 2.45) is 0 Å². The molecule has 0 unspecified atom stereocenters. The van der Waals surface area contributed by atoms with Gasteiger partial charge in [0.1, 0.15) is 12.0 Å². The van der Waals surface area contributed by atoms with E-state index in [1.807, 2.05) is 0 Å². The van der Waals surface area contributed by atoms with Gasteiger partial charge in [-0.3, -0.25) is 4.79 Å². The molecule has 3 nitrogen and oxygen atoms in total. The van der Waals surface area contributed by atoms with Gasteiger partial charge >= 0.3 is 5.97 Å². The van der Waals surface area contributed by atoms with Crippen molar-refractivity contribution in [1.82, 2.24) is 0 Å². The normalized spacial score (nSPS) is 10.4. The maximum absolute atomic E-state index is 11.6. The lowest BCUT2D eigenvalue weighted by molar-refractivity contribution is -0.128. The van der Waals surface area contributed by atoms with Crippen LogP contribution < -0.4 is 4.74 Å². The van der Waals surface area contributed by atoms with E-state index in [0.717, 1.165) is 11.8 Å². The smallest absolute Gasteiger partial charge is 0.336 e. The van der Waals surface area contributed by atoms with Crippen LogP contribution in [0.1, 0.15) is 15.9 Å². The van der Waals surface area contributed by atoms with Gasteiger partial charge in [-0.1, -0.05) is 23.7 Å². The van der Waals surface area contributed by atoms with Gasteiger partial charge in [-0.05, 0) is 48.0 Å². The number of hydrogen-bond acceptors (Lipinski definition) is 3. The average Bonchev–Trinajstić information content (AvgIpc) is 2.47. The molecule has 0 atom stereocenters. The summed E-state index contributed by atoms with van der Waals surface area (Å²) in [6.45, 7) is 0. The van der Waals surface area contributed by atoms with Crippen molar-refractivity contribution in [1.29, 1.82) is 0 Å². The number of halogens is 1. The first-order valence-corrected chi connectivity index (χ1v) is 6.26. The molecular weight excluding hydrogens is 276 g/mol. The molecule has 0 saturated heterocycles. The van der Waals surface area contributed by atoms with Crippen LogP contribution >= 0.6 is 11.6 Å². The summed E-state index contributed by atoms with van der Waals surface area (Å²) >= 11 is 5.77. The van der Waals surface area contributed by atoms with Gasteiger partial charge in [-0.2, -0.15) is 0 Å². The standard InChI is InChI=1S/C16H11ClO3/c17-14-6-1-12(2-7-14)5-10-16(19)20-15-8-3-13(11-18)4-9-15/h1-11H/b10-5-. The predicted octanol–water partition coefficient (Wildman–Crippen LogP) is 3.77. The fourth-order valence-corrected chi connectivity index (χ4v) is 1.63. The van der Waals surface area contributed by atoms with E-state index in [1.165, 1.54) is 6.08 Å². The number of esters is 1. The number of ether oxygens (including phenoxy) is 1. The zero-order valence-corrected chi connectivity index (χ0v) is 11.2. The molecule has 0 N–H and O–H groups in total. The number of hydrogen-bond donors (Lipinski definition) is 0. The molecule has 20 heavy (non-hydrogen) atoms. The fraction of sp³-hybridized carbons (Fsp3) is 0. The highest BCUT2D eigenvalue weighted by molar-refractivity contribution is 6.30. The van der Waals surface area contributed by atoms with Gasteiger partial charge in [0.25, 0.3) is 0 Å². The molecule has 0 bridgehead atoms. The van der Waals surface area contributed by atoms with Gasteiger partial charge in [0, 0.05) is 16.7 Å². The molecule has 0 heterocycles. The Labute approximate surface area is 121 Å². The Morgan fingerprint density at radius 1 is 0.950 bits per heavy atom. The van der Waals surface area contributed by atoms with Crippen LogP contribution in [0.3, 0.4) is 0 Å². The van der Waals surface area contributed by atoms with E-state index in [4.69, 9.17) is 16.3 Å². The van der Waals surface area contributed by atoms with Gasteiger partial charge in [0.2, 0.25) is 0 Å². The Hall–Kier alpha value is -2.39. The molecule has 0 amide bonds. The molecule has 2 aromatic carbocycles. The van der Waals surface area contributed by atoms with Crippen molar-refractivity contribution < 1.29 is 14.3 Å². The summed E-state index contributed by atoms with van der Waals surface area (Å²) in [5, 5.41) is 0.639. The fourth-order valence-electron chi connectivity index (χ4n) is 1.50. The molecule has 0 spiro atoms. The zero-order chi connectivity index (χ0) is 14.4. The van der Waals surface area contributed by atoms with Crippen LogP contribution in [0.15, 0.2) is 54.6 Å². The Balaban J connectivity index is 1.97. The molecule has 0 aliphatic rings. The highest BCUT2D eigenvalue weighted by Crippen LogP contribution is 2.13. The highest BCUT2D eigenvalue weighted by Gasteiger charge is 2.00. The topological polar surface area (TPSA) is 43.4 Å². The van der Waals surface area contributed by atoms with Gasteiger partial charge < -0.3 is 4.74 Å². The van der Waals surface area contributed by atoms with Crippen LogP contribution in [0.25, 0.3) is 6.08 Å². The van der Waals surface area contributed by atoms with Gasteiger partial charge in [-0.15, -0.1) is 0 Å². The second kappa shape index (κ2) is 6.68. The molecule has 0 saturated carbocycles. The van der Waals surface area contributed by atoms with Crippen molar-refractivity contribution in [3.05, 3.63) is 70.8 Å². The molecule has 4 heteroatoms. The lowest BCUT2D eigenvalue weighted by Gasteiger charge is -2.01. The Kier molecular flexibility index (Phi) is 4.69. The van der Waals surface area contributed by atoms with E-state index < -0.39 is 5.97 Å². The van der Waals surface area contributed by atoms with E-state index in [9.17, 15) is 9.59 Å². The number of aldehydes is 1. The van der Waals surface area contributed by atoms with E-state index in [-0.39, 0.29) is 0 Å². The van der Waals surface area contributed by atoms with Crippen molar-refractivity contribution in [3.8, 4) is 5.75 Å². The maximum atomic E-state index is 11.6. The van der Waals surface area contributed by atoms with Crippen LogP contribution in [0.5, 0.6) is 5.75 Å². The molecule has 2 rings (SSSR count). The van der Waals surface area contributed by atoms with E-state index in [1.54, 1.807) is 54.6 Å². The molecule has 0 aromatic heterocycles. The number of benzene rings is 2. The third kappa shape index (κ3) is 4.07. The molecule has 0 radical (unpaired) electrons. The lowest BCUT2D eigenvalue weighted by atomic mass is 10.2. The maximum Gasteiger partial charge on any atom is 0.336 e. The van der Waals surface area contributed by atoms with E-state index >= 15 is 0 Å². The van der Waals surface area contributed by atoms with Gasteiger partial charge in [-0.25, -0.2) is 4.79 Å². The summed E-state index contributed by atoms with van der Waals surface area (Å²) in [5.41, 5.74) is 1.38.